The highest BCUT2D eigenvalue weighted by molar-refractivity contribution is 7.22. The lowest BCUT2D eigenvalue weighted by Crippen LogP contribution is -2.43. The Kier molecular flexibility index (Phi) is 5.08. The average molecular weight is 348 g/mol. The van der Waals surface area contributed by atoms with E-state index in [9.17, 15) is 9.59 Å². The Hall–Kier alpha value is -2.03. The van der Waals surface area contributed by atoms with Gasteiger partial charge in [0.1, 0.15) is 0 Å². The van der Waals surface area contributed by atoms with Crippen LogP contribution in [0.1, 0.15) is 19.8 Å². The van der Waals surface area contributed by atoms with Gasteiger partial charge in [0.2, 0.25) is 11.8 Å². The fourth-order valence-electron chi connectivity index (χ4n) is 2.72. The first kappa shape index (κ1) is 16.8. The van der Waals surface area contributed by atoms with Crippen LogP contribution in [0.4, 0.5) is 10.8 Å². The van der Waals surface area contributed by atoms with Crippen LogP contribution in [0.5, 0.6) is 0 Å². The van der Waals surface area contributed by atoms with E-state index in [1.54, 1.807) is 6.07 Å². The van der Waals surface area contributed by atoms with Gasteiger partial charge >= 0.3 is 0 Å². The molecule has 2 aromatic rings. The third-order valence-corrected chi connectivity index (χ3v) is 4.95. The lowest BCUT2D eigenvalue weighted by Gasteiger charge is -2.26. The van der Waals surface area contributed by atoms with Crippen molar-refractivity contribution in [2.75, 3.05) is 23.8 Å². The number of nitrogens with zero attached hydrogens (tertiary/aromatic N) is 1. The zero-order chi connectivity index (χ0) is 17.1. The Bertz CT molecular complexity index is 755. The van der Waals surface area contributed by atoms with Crippen LogP contribution < -0.4 is 16.4 Å². The number of carbonyl (C=O) groups excluding carboxylic acids is 2. The molecular formula is C16H20N4O3S. The normalized spacial score (nSPS) is 16.8. The van der Waals surface area contributed by atoms with Gasteiger partial charge in [0.05, 0.1) is 16.3 Å². The Labute approximate surface area is 143 Å². The fraction of sp³-hybridized carbons (Fsp3) is 0.438. The Balaban J connectivity index is 1.69. The molecule has 128 valence electrons. The molecule has 7 nitrogen and oxygen atoms in total. The summed E-state index contributed by atoms with van der Waals surface area (Å²) in [5.41, 5.74) is 7.53. The van der Waals surface area contributed by atoms with Crippen LogP contribution in [0.3, 0.4) is 0 Å². The third kappa shape index (κ3) is 3.89. The van der Waals surface area contributed by atoms with Crippen LogP contribution in [0.15, 0.2) is 18.2 Å². The summed E-state index contributed by atoms with van der Waals surface area (Å²) in [4.78, 5) is 27.8. The molecular weight excluding hydrogens is 328 g/mol. The molecule has 1 aromatic carbocycles. The van der Waals surface area contributed by atoms with E-state index in [4.69, 9.17) is 10.5 Å². The van der Waals surface area contributed by atoms with Gasteiger partial charge in [-0.05, 0) is 37.0 Å². The minimum Gasteiger partial charge on any atom is -0.381 e. The average Bonchev–Trinajstić information content (AvgIpc) is 2.95. The molecule has 2 amide bonds. The minimum absolute atomic E-state index is 0.150. The maximum atomic E-state index is 12.4. The summed E-state index contributed by atoms with van der Waals surface area (Å²) in [6.07, 6.45) is 1.62. The quantitative estimate of drug-likeness (QED) is 0.783. The highest BCUT2D eigenvalue weighted by Crippen LogP contribution is 2.28. The predicted molar refractivity (Wildman–Crippen MR) is 94.1 cm³/mol. The zero-order valence-electron chi connectivity index (χ0n) is 13.4. The topological polar surface area (TPSA) is 106 Å². The number of carbonyl (C=O) groups is 2. The predicted octanol–water partition coefficient (Wildman–Crippen LogP) is 1.95. The van der Waals surface area contributed by atoms with Crippen molar-refractivity contribution in [3.63, 3.8) is 0 Å². The van der Waals surface area contributed by atoms with E-state index >= 15 is 0 Å². The number of benzene rings is 1. The van der Waals surface area contributed by atoms with E-state index in [1.807, 2.05) is 12.1 Å². The van der Waals surface area contributed by atoms with Crippen molar-refractivity contribution < 1.29 is 14.3 Å². The number of fused-ring (bicyclic) bond motifs is 1. The van der Waals surface area contributed by atoms with Crippen molar-refractivity contribution in [3.8, 4) is 0 Å². The Morgan fingerprint density at radius 1 is 1.33 bits per heavy atom. The molecule has 0 bridgehead atoms. The molecule has 0 radical (unpaired) electrons. The summed E-state index contributed by atoms with van der Waals surface area (Å²) >= 11 is 1.36. The lowest BCUT2D eigenvalue weighted by atomic mass is 9.92. The van der Waals surface area contributed by atoms with E-state index in [1.165, 1.54) is 18.3 Å². The lowest BCUT2D eigenvalue weighted by molar-refractivity contribution is -0.119. The number of ether oxygens (including phenoxy) is 1. The number of hydrogen-bond donors (Lipinski definition) is 3. The monoisotopic (exact) mass is 348 g/mol. The van der Waals surface area contributed by atoms with E-state index in [0.717, 1.165) is 23.1 Å². The molecule has 1 fully saturated rings. The van der Waals surface area contributed by atoms with Crippen molar-refractivity contribution in [2.24, 2.45) is 11.7 Å². The highest BCUT2D eigenvalue weighted by Gasteiger charge is 2.26. The Morgan fingerprint density at radius 2 is 2.08 bits per heavy atom. The smallest absolute Gasteiger partial charge is 0.241 e. The molecule has 1 unspecified atom stereocenters. The summed E-state index contributed by atoms with van der Waals surface area (Å²) in [5.74, 6) is -0.199. The minimum atomic E-state index is -0.541. The van der Waals surface area contributed by atoms with Crippen LogP contribution >= 0.6 is 11.3 Å². The molecule has 1 aromatic heterocycles. The zero-order valence-corrected chi connectivity index (χ0v) is 14.2. The largest absolute Gasteiger partial charge is 0.381 e. The summed E-state index contributed by atoms with van der Waals surface area (Å²) in [7, 11) is 0. The van der Waals surface area contributed by atoms with Crippen molar-refractivity contribution in [3.05, 3.63) is 18.2 Å². The number of anilines is 2. The number of thiazole rings is 1. The van der Waals surface area contributed by atoms with Gasteiger partial charge in [-0.15, -0.1) is 0 Å². The summed E-state index contributed by atoms with van der Waals surface area (Å²) in [6, 6.07) is 4.90. The molecule has 2 heterocycles. The van der Waals surface area contributed by atoms with E-state index in [-0.39, 0.29) is 17.7 Å². The molecule has 1 atom stereocenters. The molecule has 1 saturated heterocycles. The van der Waals surface area contributed by atoms with Crippen LogP contribution in [0.25, 0.3) is 10.2 Å². The fourth-order valence-corrected chi connectivity index (χ4v) is 3.67. The van der Waals surface area contributed by atoms with Gasteiger partial charge in [0, 0.05) is 25.8 Å². The first-order valence-corrected chi connectivity index (χ1v) is 8.67. The van der Waals surface area contributed by atoms with Crippen LogP contribution in [-0.4, -0.2) is 36.1 Å². The second-order valence-corrected chi connectivity index (χ2v) is 6.88. The number of amides is 2. The summed E-state index contributed by atoms with van der Waals surface area (Å²) < 4.78 is 6.19. The highest BCUT2D eigenvalue weighted by atomic mass is 32.1. The first-order valence-electron chi connectivity index (χ1n) is 7.85. The second kappa shape index (κ2) is 7.25. The van der Waals surface area contributed by atoms with Gasteiger partial charge < -0.3 is 21.1 Å². The van der Waals surface area contributed by atoms with Gasteiger partial charge in [-0.3, -0.25) is 9.59 Å². The molecule has 0 spiro atoms. The van der Waals surface area contributed by atoms with Gasteiger partial charge in [0.15, 0.2) is 5.13 Å². The van der Waals surface area contributed by atoms with Crippen molar-refractivity contribution in [2.45, 2.75) is 25.8 Å². The van der Waals surface area contributed by atoms with Gasteiger partial charge in [-0.25, -0.2) is 4.98 Å². The number of rotatable bonds is 4. The second-order valence-electron chi connectivity index (χ2n) is 5.85. The van der Waals surface area contributed by atoms with Gasteiger partial charge in [0.25, 0.3) is 0 Å². The van der Waals surface area contributed by atoms with Crippen molar-refractivity contribution >= 4 is 44.2 Å². The molecule has 1 aliphatic heterocycles. The Morgan fingerprint density at radius 3 is 2.79 bits per heavy atom. The van der Waals surface area contributed by atoms with E-state index in [0.29, 0.717) is 24.0 Å². The standard InChI is InChI=1S/C16H20N4O3S/c1-9(21)18-16-20-12-3-2-11(8-13(12)24-16)19-15(22)14(17)10-4-6-23-7-5-10/h2-3,8,10,14H,4-7,17H2,1H3,(H,19,22)(H,18,20,21). The van der Waals surface area contributed by atoms with Gasteiger partial charge in [-0.2, -0.15) is 0 Å². The number of aromatic nitrogens is 1. The van der Waals surface area contributed by atoms with E-state index < -0.39 is 6.04 Å². The SMILES string of the molecule is CC(=O)Nc1nc2ccc(NC(=O)C(N)C3CCOCC3)cc2s1. The molecule has 0 saturated carbocycles. The van der Waals surface area contributed by atoms with E-state index in [2.05, 4.69) is 15.6 Å². The summed E-state index contributed by atoms with van der Waals surface area (Å²) in [5, 5.41) is 6.07. The van der Waals surface area contributed by atoms with Crippen LogP contribution in [-0.2, 0) is 14.3 Å². The third-order valence-electron chi connectivity index (χ3n) is 4.02. The van der Waals surface area contributed by atoms with Crippen LogP contribution in [0, 0.1) is 5.92 Å². The molecule has 8 heteroatoms. The molecule has 4 N–H and O–H groups in total. The van der Waals surface area contributed by atoms with Crippen molar-refractivity contribution in [1.82, 2.24) is 4.98 Å². The molecule has 24 heavy (non-hydrogen) atoms. The molecule has 1 aliphatic rings. The first-order chi connectivity index (χ1) is 11.5. The number of hydrogen-bond acceptors (Lipinski definition) is 6. The maximum Gasteiger partial charge on any atom is 0.241 e. The molecule has 3 rings (SSSR count). The number of nitrogens with one attached hydrogen (secondary N) is 2. The van der Waals surface area contributed by atoms with Crippen LogP contribution in [0.2, 0.25) is 0 Å². The van der Waals surface area contributed by atoms with Crippen molar-refractivity contribution in [1.29, 1.82) is 0 Å². The summed E-state index contributed by atoms with van der Waals surface area (Å²) in [6.45, 7) is 2.75. The number of nitrogens with two attached hydrogens (primary N) is 1. The molecule has 0 aliphatic carbocycles. The van der Waals surface area contributed by atoms with Gasteiger partial charge in [-0.1, -0.05) is 11.3 Å². The maximum absolute atomic E-state index is 12.4.